The number of halogens is 1. The van der Waals surface area contributed by atoms with Crippen molar-refractivity contribution in [1.82, 2.24) is 30.4 Å². The van der Waals surface area contributed by atoms with Gasteiger partial charge in [0.2, 0.25) is 0 Å². The molecule has 0 aromatic carbocycles. The molecule has 8 nitrogen and oxygen atoms in total. The van der Waals surface area contributed by atoms with E-state index in [1.807, 2.05) is 36.2 Å². The zero-order valence-corrected chi connectivity index (χ0v) is 16.9. The SMILES string of the molecule is CN(c1ccc(-c2ccc(-c3n[nH]c(=O)[nH]3)s2)nn1)C1(c2ncccc2F)CCC1. The minimum atomic E-state index is -0.497. The van der Waals surface area contributed by atoms with Crippen molar-refractivity contribution in [2.45, 2.75) is 24.8 Å². The maximum atomic E-state index is 14.5. The first kappa shape index (κ1) is 18.6. The largest absolute Gasteiger partial charge is 0.347 e. The third kappa shape index (κ3) is 3.00. The van der Waals surface area contributed by atoms with Gasteiger partial charge < -0.3 is 4.90 Å². The highest BCUT2D eigenvalue weighted by Crippen LogP contribution is 2.47. The van der Waals surface area contributed by atoms with E-state index in [1.165, 1.54) is 17.4 Å². The van der Waals surface area contributed by atoms with E-state index in [4.69, 9.17) is 0 Å². The second-order valence-corrected chi connectivity index (χ2v) is 8.33. The molecule has 0 amide bonds. The Bertz CT molecular complexity index is 1240. The van der Waals surface area contributed by atoms with E-state index in [0.29, 0.717) is 23.0 Å². The van der Waals surface area contributed by atoms with Gasteiger partial charge in [-0.3, -0.25) is 9.97 Å². The fourth-order valence-electron chi connectivity index (χ4n) is 3.82. The summed E-state index contributed by atoms with van der Waals surface area (Å²) in [5, 5.41) is 15.1. The maximum Gasteiger partial charge on any atom is 0.340 e. The van der Waals surface area contributed by atoms with Crippen LogP contribution >= 0.6 is 11.3 Å². The average Bonchev–Trinajstić information content (AvgIpc) is 3.38. The molecule has 0 spiro atoms. The lowest BCUT2D eigenvalue weighted by molar-refractivity contribution is 0.224. The molecule has 0 atom stereocenters. The maximum absolute atomic E-state index is 14.5. The van der Waals surface area contributed by atoms with Crippen LogP contribution in [-0.4, -0.2) is 37.4 Å². The second kappa shape index (κ2) is 7.13. The first-order valence-corrected chi connectivity index (χ1v) is 10.3. The van der Waals surface area contributed by atoms with Gasteiger partial charge in [-0.05, 0) is 55.7 Å². The number of rotatable bonds is 5. The molecule has 0 saturated heterocycles. The Kier molecular flexibility index (Phi) is 4.43. The molecule has 5 rings (SSSR count). The molecule has 0 bridgehead atoms. The number of aromatic amines is 2. The zero-order valence-electron chi connectivity index (χ0n) is 16.1. The summed E-state index contributed by atoms with van der Waals surface area (Å²) >= 11 is 1.46. The minimum absolute atomic E-state index is 0.295. The van der Waals surface area contributed by atoms with Gasteiger partial charge in [0, 0.05) is 13.2 Å². The molecule has 4 aromatic rings. The van der Waals surface area contributed by atoms with Crippen LogP contribution in [0.25, 0.3) is 21.3 Å². The van der Waals surface area contributed by atoms with Crippen LogP contribution in [0, 0.1) is 5.82 Å². The number of nitrogens with one attached hydrogen (secondary N) is 2. The third-order valence-corrected chi connectivity index (χ3v) is 6.72. The lowest BCUT2D eigenvalue weighted by Crippen LogP contribution is -2.51. The normalized spacial score (nSPS) is 15.0. The standard InChI is InChI=1S/C20H18FN7OS/c1-28(20(9-3-10-20)17-12(21)4-2-11-22-17)16-8-5-13(24-25-16)14-6-7-15(30-14)18-23-19(29)27-26-18/h2,4-8,11H,3,9-10H2,1H3,(H2,23,26,27,29). The molecule has 1 aliphatic rings. The molecule has 0 unspecified atom stereocenters. The molecule has 2 N–H and O–H groups in total. The van der Waals surface area contributed by atoms with Crippen LogP contribution in [0.2, 0.25) is 0 Å². The lowest BCUT2D eigenvalue weighted by atomic mass is 9.72. The summed E-state index contributed by atoms with van der Waals surface area (Å²) in [4.78, 5) is 21.9. The average molecular weight is 423 g/mol. The van der Waals surface area contributed by atoms with Crippen molar-refractivity contribution in [3.8, 4) is 21.3 Å². The van der Waals surface area contributed by atoms with Gasteiger partial charge in [0.15, 0.2) is 11.6 Å². The number of hydrogen-bond acceptors (Lipinski definition) is 7. The van der Waals surface area contributed by atoms with Crippen LogP contribution in [0.5, 0.6) is 0 Å². The van der Waals surface area contributed by atoms with Gasteiger partial charge in [-0.2, -0.15) is 5.10 Å². The van der Waals surface area contributed by atoms with Crippen LogP contribution < -0.4 is 10.6 Å². The summed E-state index contributed by atoms with van der Waals surface area (Å²) < 4.78 is 14.5. The van der Waals surface area contributed by atoms with Gasteiger partial charge in [0.1, 0.15) is 17.2 Å². The highest BCUT2D eigenvalue weighted by atomic mass is 32.1. The van der Waals surface area contributed by atoms with Crippen molar-refractivity contribution < 1.29 is 4.39 Å². The van der Waals surface area contributed by atoms with Crippen molar-refractivity contribution in [3.63, 3.8) is 0 Å². The molecule has 1 saturated carbocycles. The van der Waals surface area contributed by atoms with Gasteiger partial charge in [-0.1, -0.05) is 0 Å². The van der Waals surface area contributed by atoms with E-state index in [9.17, 15) is 9.18 Å². The molecular formula is C20H18FN7OS. The molecule has 0 aliphatic heterocycles. The number of nitrogens with zero attached hydrogens (tertiary/aromatic N) is 5. The molecular weight excluding hydrogens is 405 g/mol. The van der Waals surface area contributed by atoms with Crippen LogP contribution in [0.3, 0.4) is 0 Å². The van der Waals surface area contributed by atoms with E-state index in [0.717, 1.165) is 29.0 Å². The van der Waals surface area contributed by atoms with Crippen molar-refractivity contribution in [1.29, 1.82) is 0 Å². The van der Waals surface area contributed by atoms with Gasteiger partial charge in [0.05, 0.1) is 15.3 Å². The van der Waals surface area contributed by atoms with Crippen LogP contribution in [-0.2, 0) is 5.54 Å². The second-order valence-electron chi connectivity index (χ2n) is 7.24. The topological polar surface area (TPSA) is 103 Å². The van der Waals surface area contributed by atoms with Gasteiger partial charge >= 0.3 is 5.69 Å². The van der Waals surface area contributed by atoms with Crippen molar-refractivity contribution in [3.05, 3.63) is 64.6 Å². The molecule has 30 heavy (non-hydrogen) atoms. The minimum Gasteiger partial charge on any atom is -0.347 e. The smallest absolute Gasteiger partial charge is 0.340 e. The van der Waals surface area contributed by atoms with Gasteiger partial charge in [-0.15, -0.1) is 21.5 Å². The predicted octanol–water partition coefficient (Wildman–Crippen LogP) is 3.33. The molecule has 1 fully saturated rings. The monoisotopic (exact) mass is 423 g/mol. The van der Waals surface area contributed by atoms with E-state index in [2.05, 4.69) is 30.4 Å². The number of pyridine rings is 1. The quantitative estimate of drug-likeness (QED) is 0.510. The Labute approximate surface area is 174 Å². The third-order valence-electron chi connectivity index (χ3n) is 5.61. The highest BCUT2D eigenvalue weighted by molar-refractivity contribution is 7.18. The summed E-state index contributed by atoms with van der Waals surface area (Å²) in [6.45, 7) is 0. The lowest BCUT2D eigenvalue weighted by Gasteiger charge is -2.48. The van der Waals surface area contributed by atoms with E-state index in [-0.39, 0.29) is 11.5 Å². The van der Waals surface area contributed by atoms with Gasteiger partial charge in [-0.25, -0.2) is 14.3 Å². The van der Waals surface area contributed by atoms with Gasteiger partial charge in [0.25, 0.3) is 0 Å². The fourth-order valence-corrected chi connectivity index (χ4v) is 4.73. The van der Waals surface area contributed by atoms with Crippen LogP contribution in [0.15, 0.2) is 47.4 Å². The number of anilines is 1. The highest BCUT2D eigenvalue weighted by Gasteiger charge is 2.46. The van der Waals surface area contributed by atoms with Crippen molar-refractivity contribution in [2.75, 3.05) is 11.9 Å². The Morgan fingerprint density at radius 3 is 2.60 bits per heavy atom. The van der Waals surface area contributed by atoms with Crippen LogP contribution in [0.4, 0.5) is 10.2 Å². The molecule has 152 valence electrons. The van der Waals surface area contributed by atoms with E-state index in [1.54, 1.807) is 12.3 Å². The Hall–Kier alpha value is -3.40. The van der Waals surface area contributed by atoms with Crippen LogP contribution in [0.1, 0.15) is 25.0 Å². The summed E-state index contributed by atoms with van der Waals surface area (Å²) in [5.74, 6) is 0.859. The molecule has 4 aromatic heterocycles. The molecule has 10 heteroatoms. The Morgan fingerprint density at radius 2 is 1.97 bits per heavy atom. The summed E-state index contributed by atoms with van der Waals surface area (Å²) in [5.41, 5.74) is 0.332. The fraction of sp³-hybridized carbons (Fsp3) is 0.250. The number of thiophene rings is 1. The summed E-state index contributed by atoms with van der Waals surface area (Å²) in [6, 6.07) is 10.6. The van der Waals surface area contributed by atoms with E-state index < -0.39 is 5.54 Å². The predicted molar refractivity (Wildman–Crippen MR) is 112 cm³/mol. The first-order chi connectivity index (χ1) is 14.6. The summed E-state index contributed by atoms with van der Waals surface area (Å²) in [6.07, 6.45) is 4.27. The number of H-pyrrole nitrogens is 2. The Balaban J connectivity index is 1.42. The van der Waals surface area contributed by atoms with Crippen molar-refractivity contribution >= 4 is 17.2 Å². The molecule has 1 aliphatic carbocycles. The zero-order chi connectivity index (χ0) is 20.7. The first-order valence-electron chi connectivity index (χ1n) is 9.51. The van der Waals surface area contributed by atoms with E-state index >= 15 is 0 Å². The molecule has 0 radical (unpaired) electrons. The molecule has 4 heterocycles. The number of hydrogen-bond donors (Lipinski definition) is 2. The number of aromatic nitrogens is 6. The Morgan fingerprint density at radius 1 is 1.13 bits per heavy atom. The van der Waals surface area contributed by atoms with Crippen molar-refractivity contribution in [2.24, 2.45) is 0 Å². The summed E-state index contributed by atoms with van der Waals surface area (Å²) in [7, 11) is 1.91.